The predicted octanol–water partition coefficient (Wildman–Crippen LogP) is 4.97. The number of non-ortho nitro benzene ring substituents is 1. The molecule has 0 heterocycles. The lowest BCUT2D eigenvalue weighted by Crippen LogP contribution is -2.18. The first-order chi connectivity index (χ1) is 12.5. The van der Waals surface area contributed by atoms with Crippen LogP contribution in [0.15, 0.2) is 66.9 Å². The van der Waals surface area contributed by atoms with E-state index in [1.54, 1.807) is 24.3 Å². The van der Waals surface area contributed by atoms with Gasteiger partial charge in [-0.2, -0.15) is 0 Å². The Kier molecular flexibility index (Phi) is 6.79. The van der Waals surface area contributed by atoms with Crippen LogP contribution in [-0.4, -0.2) is 10.0 Å². The predicted molar refractivity (Wildman–Crippen MR) is 102 cm³/mol. The second-order valence-electron chi connectivity index (χ2n) is 5.80. The van der Waals surface area contributed by atoms with Crippen LogP contribution < -0.4 is 10.3 Å². The standard InChI is InChI=1S/C20H22N2O4/c1-3-4-5-17(14-15(2)16-6-10-19(23)11-7-16)21-26-20-12-8-18(9-13-20)22(24)25/h6-14,21,23H,2-5H2,1H3/b17-14+. The molecule has 0 amide bonds. The molecule has 0 unspecified atom stereocenters. The van der Waals surface area contributed by atoms with Crippen molar-refractivity contribution in [2.45, 2.75) is 26.2 Å². The molecule has 0 aliphatic rings. The summed E-state index contributed by atoms with van der Waals surface area (Å²) in [5, 5.41) is 20.1. The molecule has 0 saturated heterocycles. The van der Waals surface area contributed by atoms with Gasteiger partial charge in [0.25, 0.3) is 5.69 Å². The van der Waals surface area contributed by atoms with E-state index in [2.05, 4.69) is 19.0 Å². The average Bonchev–Trinajstić information content (AvgIpc) is 2.64. The first-order valence-electron chi connectivity index (χ1n) is 8.35. The second kappa shape index (κ2) is 9.27. The Morgan fingerprint density at radius 1 is 1.23 bits per heavy atom. The molecule has 0 fully saturated rings. The summed E-state index contributed by atoms with van der Waals surface area (Å²) in [5.41, 5.74) is 5.46. The van der Waals surface area contributed by atoms with E-state index in [1.807, 2.05) is 6.08 Å². The third-order valence-corrected chi connectivity index (χ3v) is 3.73. The largest absolute Gasteiger partial charge is 0.508 e. The Balaban J connectivity index is 2.07. The summed E-state index contributed by atoms with van der Waals surface area (Å²) >= 11 is 0. The number of hydrogen-bond acceptors (Lipinski definition) is 5. The molecule has 2 rings (SSSR count). The van der Waals surface area contributed by atoms with Crippen molar-refractivity contribution in [2.24, 2.45) is 0 Å². The molecular weight excluding hydrogens is 332 g/mol. The van der Waals surface area contributed by atoms with Crippen molar-refractivity contribution in [1.82, 2.24) is 5.48 Å². The van der Waals surface area contributed by atoms with Crippen molar-refractivity contribution < 1.29 is 14.9 Å². The van der Waals surface area contributed by atoms with Gasteiger partial charge in [-0.05, 0) is 54.3 Å². The summed E-state index contributed by atoms with van der Waals surface area (Å²) in [5.74, 6) is 0.685. The lowest BCUT2D eigenvalue weighted by atomic mass is 10.0. The van der Waals surface area contributed by atoms with Crippen LogP contribution >= 0.6 is 0 Å². The fraction of sp³-hybridized carbons (Fsp3) is 0.200. The zero-order valence-electron chi connectivity index (χ0n) is 14.6. The summed E-state index contributed by atoms with van der Waals surface area (Å²) in [6.07, 6.45) is 4.68. The van der Waals surface area contributed by atoms with Gasteiger partial charge in [0, 0.05) is 17.8 Å². The molecule has 0 saturated carbocycles. The fourth-order valence-corrected chi connectivity index (χ4v) is 2.25. The van der Waals surface area contributed by atoms with Crippen LogP contribution in [0.2, 0.25) is 0 Å². The van der Waals surface area contributed by atoms with Crippen molar-refractivity contribution >= 4 is 11.3 Å². The van der Waals surface area contributed by atoms with Crippen molar-refractivity contribution in [2.75, 3.05) is 0 Å². The lowest BCUT2D eigenvalue weighted by Gasteiger charge is -2.13. The first kappa shape index (κ1) is 19.1. The number of nitrogens with one attached hydrogen (secondary N) is 1. The number of nitro benzene ring substituents is 1. The molecule has 6 nitrogen and oxygen atoms in total. The van der Waals surface area contributed by atoms with Crippen molar-refractivity contribution in [3.63, 3.8) is 0 Å². The number of phenolic OH excluding ortho intramolecular Hbond substituents is 1. The molecule has 0 aromatic heterocycles. The monoisotopic (exact) mass is 354 g/mol. The van der Waals surface area contributed by atoms with E-state index in [0.717, 1.165) is 36.1 Å². The summed E-state index contributed by atoms with van der Waals surface area (Å²) in [4.78, 5) is 15.8. The molecule has 136 valence electrons. The minimum absolute atomic E-state index is 0.0137. The van der Waals surface area contributed by atoms with E-state index in [4.69, 9.17) is 4.84 Å². The molecule has 6 heteroatoms. The zero-order chi connectivity index (χ0) is 18.9. The number of rotatable bonds is 9. The summed E-state index contributed by atoms with van der Waals surface area (Å²) in [6, 6.07) is 12.7. The van der Waals surface area contributed by atoms with Gasteiger partial charge in [-0.1, -0.05) is 32.1 Å². The van der Waals surface area contributed by atoms with Crippen LogP contribution in [0.5, 0.6) is 11.5 Å². The fourth-order valence-electron chi connectivity index (χ4n) is 2.25. The second-order valence-corrected chi connectivity index (χ2v) is 5.80. The topological polar surface area (TPSA) is 84.6 Å². The lowest BCUT2D eigenvalue weighted by molar-refractivity contribution is -0.384. The SMILES string of the molecule is C=C(/C=C(\CCCC)NOc1ccc([N+](=O)[O-])cc1)c1ccc(O)cc1. The molecule has 0 aliphatic carbocycles. The van der Waals surface area contributed by atoms with E-state index in [1.165, 1.54) is 24.3 Å². The highest BCUT2D eigenvalue weighted by atomic mass is 16.6. The highest BCUT2D eigenvalue weighted by molar-refractivity contribution is 5.72. The van der Waals surface area contributed by atoms with Gasteiger partial charge >= 0.3 is 0 Å². The van der Waals surface area contributed by atoms with Gasteiger partial charge in [0.1, 0.15) is 5.75 Å². The van der Waals surface area contributed by atoms with Crippen LogP contribution in [0.4, 0.5) is 5.69 Å². The van der Waals surface area contributed by atoms with Gasteiger partial charge in [0.2, 0.25) is 0 Å². The highest BCUT2D eigenvalue weighted by Crippen LogP contribution is 2.21. The Hall–Kier alpha value is -3.28. The number of allylic oxidation sites excluding steroid dienone is 3. The highest BCUT2D eigenvalue weighted by Gasteiger charge is 2.06. The van der Waals surface area contributed by atoms with Crippen LogP contribution in [0, 0.1) is 10.1 Å². The molecule has 2 aromatic carbocycles. The molecular formula is C20H22N2O4. The smallest absolute Gasteiger partial charge is 0.269 e. The molecule has 0 spiro atoms. The van der Waals surface area contributed by atoms with Crippen molar-refractivity contribution in [3.05, 3.63) is 82.6 Å². The van der Waals surface area contributed by atoms with Crippen LogP contribution in [-0.2, 0) is 0 Å². The average molecular weight is 354 g/mol. The van der Waals surface area contributed by atoms with Gasteiger partial charge in [-0.25, -0.2) is 5.48 Å². The Bertz CT molecular complexity index is 780. The maximum absolute atomic E-state index is 10.7. The van der Waals surface area contributed by atoms with Gasteiger partial charge in [-0.15, -0.1) is 0 Å². The minimum atomic E-state index is -0.453. The summed E-state index contributed by atoms with van der Waals surface area (Å²) in [7, 11) is 0. The number of nitrogens with zero attached hydrogens (tertiary/aromatic N) is 1. The number of hydrogen-bond donors (Lipinski definition) is 2. The molecule has 0 radical (unpaired) electrons. The van der Waals surface area contributed by atoms with Crippen LogP contribution in [0.3, 0.4) is 0 Å². The van der Waals surface area contributed by atoms with Crippen molar-refractivity contribution in [3.8, 4) is 11.5 Å². The molecule has 2 N–H and O–H groups in total. The third kappa shape index (κ3) is 5.66. The number of aromatic hydroxyl groups is 1. The third-order valence-electron chi connectivity index (χ3n) is 3.73. The quantitative estimate of drug-likeness (QED) is 0.377. The van der Waals surface area contributed by atoms with Crippen LogP contribution in [0.25, 0.3) is 5.57 Å². The van der Waals surface area contributed by atoms with E-state index in [9.17, 15) is 15.2 Å². The first-order valence-corrected chi connectivity index (χ1v) is 8.35. The van der Waals surface area contributed by atoms with E-state index in [0.29, 0.717) is 5.75 Å². The Labute approximate surface area is 152 Å². The Morgan fingerprint density at radius 2 is 1.88 bits per heavy atom. The van der Waals surface area contributed by atoms with E-state index < -0.39 is 4.92 Å². The Morgan fingerprint density at radius 3 is 2.46 bits per heavy atom. The number of nitro groups is 1. The van der Waals surface area contributed by atoms with Crippen molar-refractivity contribution in [1.29, 1.82) is 0 Å². The molecule has 0 bridgehead atoms. The van der Waals surface area contributed by atoms with Gasteiger partial charge in [0.15, 0.2) is 5.75 Å². The number of unbranched alkanes of at least 4 members (excludes halogenated alkanes) is 1. The van der Waals surface area contributed by atoms with Crippen LogP contribution in [0.1, 0.15) is 31.7 Å². The number of phenols is 1. The normalized spacial score (nSPS) is 11.0. The molecule has 0 aliphatic heterocycles. The molecule has 2 aromatic rings. The van der Waals surface area contributed by atoms with E-state index in [-0.39, 0.29) is 11.4 Å². The zero-order valence-corrected chi connectivity index (χ0v) is 14.6. The maximum atomic E-state index is 10.7. The summed E-state index contributed by atoms with van der Waals surface area (Å²) < 4.78 is 0. The van der Waals surface area contributed by atoms with E-state index >= 15 is 0 Å². The molecule has 26 heavy (non-hydrogen) atoms. The maximum Gasteiger partial charge on any atom is 0.269 e. The number of benzene rings is 2. The van der Waals surface area contributed by atoms with Gasteiger partial charge in [0.05, 0.1) is 4.92 Å². The number of hydroxylamine groups is 1. The molecule has 0 atom stereocenters. The van der Waals surface area contributed by atoms with Gasteiger partial charge in [-0.3, -0.25) is 10.1 Å². The minimum Gasteiger partial charge on any atom is -0.508 e. The summed E-state index contributed by atoms with van der Waals surface area (Å²) in [6.45, 7) is 6.16. The van der Waals surface area contributed by atoms with Gasteiger partial charge < -0.3 is 9.94 Å².